The second-order valence-electron chi connectivity index (χ2n) is 4.68. The average Bonchev–Trinajstić information content (AvgIpc) is 2.81. The quantitative estimate of drug-likeness (QED) is 0.695. The second kappa shape index (κ2) is 6.63. The van der Waals surface area contributed by atoms with Crippen molar-refractivity contribution in [1.82, 2.24) is 30.5 Å². The lowest BCUT2D eigenvalue weighted by Crippen LogP contribution is -2.43. The van der Waals surface area contributed by atoms with Crippen molar-refractivity contribution in [3.05, 3.63) is 11.9 Å². The second-order valence-corrected chi connectivity index (χ2v) is 4.68. The molecule has 7 nitrogen and oxygen atoms in total. The molecular formula is C12H22N6O. The van der Waals surface area contributed by atoms with Crippen LogP contribution in [0.5, 0.6) is 0 Å². The van der Waals surface area contributed by atoms with Crippen molar-refractivity contribution >= 4 is 5.91 Å². The molecule has 1 aliphatic rings. The molecule has 2 N–H and O–H groups in total. The highest BCUT2D eigenvalue weighted by Gasteiger charge is 2.21. The van der Waals surface area contributed by atoms with Gasteiger partial charge in [0.25, 0.3) is 5.91 Å². The van der Waals surface area contributed by atoms with E-state index >= 15 is 0 Å². The molecule has 0 unspecified atom stereocenters. The summed E-state index contributed by atoms with van der Waals surface area (Å²) < 4.78 is 1.76. The van der Waals surface area contributed by atoms with Crippen LogP contribution in [0.1, 0.15) is 30.4 Å². The zero-order chi connectivity index (χ0) is 13.7. The van der Waals surface area contributed by atoms with Crippen LogP contribution in [0, 0.1) is 0 Å². The fourth-order valence-corrected chi connectivity index (χ4v) is 1.98. The van der Waals surface area contributed by atoms with Crippen LogP contribution in [-0.2, 0) is 0 Å². The number of aromatic nitrogens is 3. The van der Waals surface area contributed by atoms with Crippen molar-refractivity contribution < 1.29 is 4.79 Å². The van der Waals surface area contributed by atoms with Crippen LogP contribution in [0.25, 0.3) is 0 Å². The number of nitrogens with one attached hydrogen (secondary N) is 2. The first-order chi connectivity index (χ1) is 9.24. The summed E-state index contributed by atoms with van der Waals surface area (Å²) in [6.45, 7) is 9.51. The Morgan fingerprint density at radius 2 is 2.26 bits per heavy atom. The summed E-state index contributed by atoms with van der Waals surface area (Å²) in [4.78, 5) is 14.1. The van der Waals surface area contributed by atoms with E-state index in [1.807, 2.05) is 0 Å². The van der Waals surface area contributed by atoms with Crippen LogP contribution in [-0.4, -0.2) is 65.1 Å². The van der Waals surface area contributed by atoms with Crippen LogP contribution >= 0.6 is 0 Å². The van der Waals surface area contributed by atoms with E-state index in [2.05, 4.69) is 39.7 Å². The molecule has 0 aromatic carbocycles. The highest BCUT2D eigenvalue weighted by molar-refractivity contribution is 5.91. The molecule has 0 spiro atoms. The molecule has 19 heavy (non-hydrogen) atoms. The summed E-state index contributed by atoms with van der Waals surface area (Å²) in [6.07, 6.45) is 1.72. The van der Waals surface area contributed by atoms with E-state index in [0.29, 0.717) is 18.3 Å². The first kappa shape index (κ1) is 14.0. The highest BCUT2D eigenvalue weighted by atomic mass is 16.2. The van der Waals surface area contributed by atoms with E-state index in [1.54, 1.807) is 10.9 Å². The molecule has 1 aromatic heterocycles. The van der Waals surface area contributed by atoms with E-state index in [9.17, 15) is 4.79 Å². The molecule has 1 saturated heterocycles. The van der Waals surface area contributed by atoms with Gasteiger partial charge in [0.1, 0.15) is 0 Å². The predicted octanol–water partition coefficient (Wildman–Crippen LogP) is -0.506. The van der Waals surface area contributed by atoms with Crippen molar-refractivity contribution in [2.45, 2.75) is 19.9 Å². The zero-order valence-electron chi connectivity index (χ0n) is 11.6. The topological polar surface area (TPSA) is 75.1 Å². The molecule has 1 aromatic rings. The van der Waals surface area contributed by atoms with Crippen LogP contribution < -0.4 is 10.6 Å². The summed E-state index contributed by atoms with van der Waals surface area (Å²) >= 11 is 0. The number of amides is 1. The van der Waals surface area contributed by atoms with Crippen LogP contribution in [0.4, 0.5) is 0 Å². The minimum absolute atomic E-state index is 0.148. The Balaban J connectivity index is 1.77. The van der Waals surface area contributed by atoms with Crippen molar-refractivity contribution in [3.63, 3.8) is 0 Å². The van der Waals surface area contributed by atoms with Gasteiger partial charge in [-0.05, 0) is 13.1 Å². The third-order valence-corrected chi connectivity index (χ3v) is 3.48. The summed E-state index contributed by atoms with van der Waals surface area (Å²) in [5, 5.41) is 13.9. The normalized spacial score (nSPS) is 15.5. The summed E-state index contributed by atoms with van der Waals surface area (Å²) in [6, 6.07) is 0.338. The van der Waals surface area contributed by atoms with Gasteiger partial charge < -0.3 is 15.5 Å². The third-order valence-electron chi connectivity index (χ3n) is 3.48. The maximum absolute atomic E-state index is 11.9. The summed E-state index contributed by atoms with van der Waals surface area (Å²) in [5.74, 6) is -0.148. The van der Waals surface area contributed by atoms with E-state index in [4.69, 9.17) is 0 Å². The van der Waals surface area contributed by atoms with Gasteiger partial charge in [-0.15, -0.1) is 5.10 Å². The number of likely N-dealkylation sites (N-methyl/N-ethyl adjacent to an activating group) is 1. The Morgan fingerprint density at radius 1 is 1.53 bits per heavy atom. The van der Waals surface area contributed by atoms with E-state index in [1.165, 1.54) is 0 Å². The molecule has 106 valence electrons. The molecule has 1 amide bonds. The van der Waals surface area contributed by atoms with Crippen LogP contribution in [0.15, 0.2) is 6.20 Å². The average molecular weight is 266 g/mol. The zero-order valence-corrected chi connectivity index (χ0v) is 11.6. The fraction of sp³-hybridized carbons (Fsp3) is 0.750. The fourth-order valence-electron chi connectivity index (χ4n) is 1.98. The van der Waals surface area contributed by atoms with Gasteiger partial charge in [-0.25, -0.2) is 4.68 Å². The smallest absolute Gasteiger partial charge is 0.273 e. The molecule has 7 heteroatoms. The number of carbonyl (C=O) groups is 1. The number of carbonyl (C=O) groups excluding carboxylic acids is 1. The van der Waals surface area contributed by atoms with Gasteiger partial charge in [-0.2, -0.15) is 0 Å². The van der Waals surface area contributed by atoms with Crippen molar-refractivity contribution in [2.75, 3.05) is 39.3 Å². The lowest BCUT2D eigenvalue weighted by atomic mass is 10.2. The molecule has 0 atom stereocenters. The minimum atomic E-state index is -0.148. The molecule has 0 saturated carbocycles. The number of hydrogen-bond donors (Lipinski definition) is 2. The number of rotatable bonds is 7. The molecule has 0 radical (unpaired) electrons. The Kier molecular flexibility index (Phi) is 4.86. The lowest BCUT2D eigenvalue weighted by Gasteiger charge is -2.26. The summed E-state index contributed by atoms with van der Waals surface area (Å²) in [5.41, 5.74) is 0.395. The summed E-state index contributed by atoms with van der Waals surface area (Å²) in [7, 11) is 0. The number of nitrogens with zero attached hydrogens (tertiary/aromatic N) is 4. The SMILES string of the molecule is CCN(CC)CCNC(=O)c1cn(C2CNC2)nn1. The monoisotopic (exact) mass is 266 g/mol. The largest absolute Gasteiger partial charge is 0.349 e. The Hall–Kier alpha value is -1.47. The highest BCUT2D eigenvalue weighted by Crippen LogP contribution is 2.09. The van der Waals surface area contributed by atoms with Crippen molar-refractivity contribution in [2.24, 2.45) is 0 Å². The van der Waals surface area contributed by atoms with Gasteiger partial charge in [0.15, 0.2) is 5.69 Å². The van der Waals surface area contributed by atoms with Gasteiger partial charge in [0, 0.05) is 26.2 Å². The molecule has 2 heterocycles. The van der Waals surface area contributed by atoms with Gasteiger partial charge in [0.2, 0.25) is 0 Å². The molecule has 1 fully saturated rings. The Bertz CT molecular complexity index is 410. The van der Waals surface area contributed by atoms with Gasteiger partial charge in [0.05, 0.1) is 12.2 Å². The maximum atomic E-state index is 11.9. The van der Waals surface area contributed by atoms with E-state index in [-0.39, 0.29) is 5.91 Å². The molecule has 0 bridgehead atoms. The van der Waals surface area contributed by atoms with Crippen molar-refractivity contribution in [3.8, 4) is 0 Å². The molecule has 1 aliphatic heterocycles. The van der Waals surface area contributed by atoms with Gasteiger partial charge in [-0.3, -0.25) is 4.79 Å². The van der Waals surface area contributed by atoms with Crippen LogP contribution in [0.3, 0.4) is 0 Å². The first-order valence-corrected chi connectivity index (χ1v) is 6.87. The van der Waals surface area contributed by atoms with E-state index < -0.39 is 0 Å². The number of hydrogen-bond acceptors (Lipinski definition) is 5. The first-order valence-electron chi connectivity index (χ1n) is 6.87. The van der Waals surface area contributed by atoms with Gasteiger partial charge in [-0.1, -0.05) is 19.1 Å². The third kappa shape index (κ3) is 3.51. The standard InChI is InChI=1S/C12H22N6O/c1-3-17(4-2)6-5-14-12(19)11-9-18(16-15-11)10-7-13-8-10/h9-10,13H,3-8H2,1-2H3,(H,14,19). The van der Waals surface area contributed by atoms with Crippen LogP contribution in [0.2, 0.25) is 0 Å². The lowest BCUT2D eigenvalue weighted by molar-refractivity contribution is 0.0944. The van der Waals surface area contributed by atoms with Crippen molar-refractivity contribution in [1.29, 1.82) is 0 Å². The Morgan fingerprint density at radius 3 is 2.84 bits per heavy atom. The maximum Gasteiger partial charge on any atom is 0.273 e. The van der Waals surface area contributed by atoms with E-state index in [0.717, 1.165) is 32.7 Å². The molecule has 0 aliphatic carbocycles. The molecular weight excluding hydrogens is 244 g/mol. The minimum Gasteiger partial charge on any atom is -0.349 e. The Labute approximate surface area is 113 Å². The van der Waals surface area contributed by atoms with Gasteiger partial charge >= 0.3 is 0 Å². The predicted molar refractivity (Wildman–Crippen MR) is 72.0 cm³/mol. The molecule has 2 rings (SSSR count).